The molecule has 2 aliphatic rings. The Balaban J connectivity index is 0.00000280. The van der Waals surface area contributed by atoms with Crippen molar-refractivity contribution >= 4 is 29.9 Å². The first kappa shape index (κ1) is 22.9. The van der Waals surface area contributed by atoms with Crippen LogP contribution in [0.2, 0.25) is 0 Å². The molecule has 0 aliphatic carbocycles. The van der Waals surface area contributed by atoms with Gasteiger partial charge in [-0.3, -0.25) is 4.99 Å². The van der Waals surface area contributed by atoms with Crippen LogP contribution in [0.25, 0.3) is 0 Å². The maximum Gasteiger partial charge on any atom is 0.191 e. The molecular formula is C20H32IN3O4. The number of halogens is 1. The molecule has 0 radical (unpaired) electrons. The zero-order valence-electron chi connectivity index (χ0n) is 16.9. The predicted molar refractivity (Wildman–Crippen MR) is 120 cm³/mol. The van der Waals surface area contributed by atoms with Crippen molar-refractivity contribution in [2.24, 2.45) is 4.99 Å². The molecule has 158 valence electrons. The van der Waals surface area contributed by atoms with E-state index in [-0.39, 0.29) is 24.0 Å². The number of nitrogens with one attached hydrogen (secondary N) is 2. The summed E-state index contributed by atoms with van der Waals surface area (Å²) in [6, 6.07) is 5.91. The molecule has 2 saturated heterocycles. The van der Waals surface area contributed by atoms with Crippen LogP contribution in [0.3, 0.4) is 0 Å². The minimum atomic E-state index is 0. The third-order valence-electron chi connectivity index (χ3n) is 4.94. The summed E-state index contributed by atoms with van der Waals surface area (Å²) in [6.07, 6.45) is 5.02. The maximum atomic E-state index is 5.91. The van der Waals surface area contributed by atoms with Crippen LogP contribution in [0.1, 0.15) is 32.6 Å². The van der Waals surface area contributed by atoms with E-state index in [0.29, 0.717) is 42.9 Å². The van der Waals surface area contributed by atoms with E-state index in [1.54, 1.807) is 14.2 Å². The first-order valence-electron chi connectivity index (χ1n) is 9.78. The quantitative estimate of drug-likeness (QED) is 0.233. The average Bonchev–Trinajstić information content (AvgIpc) is 3.30. The SMILES string of the molecule is CCNC(=NCCCOc1cc(OC)cc(OC)c1)NC1CC2CCC1O2.I. The van der Waals surface area contributed by atoms with E-state index in [0.717, 1.165) is 37.5 Å². The standard InChI is InChI=1S/C20H31N3O4.HI/c1-4-21-20(23-18-13-14-6-7-19(18)27-14)22-8-5-9-26-17-11-15(24-2)10-16(12-17)25-3;/h10-12,14,18-19H,4-9,13H2,1-3H3,(H2,21,22,23);1H. The lowest BCUT2D eigenvalue weighted by atomic mass is 9.96. The van der Waals surface area contributed by atoms with Gasteiger partial charge in [0.15, 0.2) is 5.96 Å². The zero-order valence-corrected chi connectivity index (χ0v) is 19.2. The molecule has 3 rings (SSSR count). The molecule has 8 heteroatoms. The van der Waals surface area contributed by atoms with Gasteiger partial charge in [0.1, 0.15) is 17.2 Å². The summed E-state index contributed by atoms with van der Waals surface area (Å²) >= 11 is 0. The highest BCUT2D eigenvalue weighted by Gasteiger charge is 2.41. The number of nitrogens with zero attached hydrogens (tertiary/aromatic N) is 1. The molecule has 2 fully saturated rings. The first-order valence-corrected chi connectivity index (χ1v) is 9.78. The van der Waals surface area contributed by atoms with Crippen LogP contribution in [0.4, 0.5) is 0 Å². The normalized spacial score (nSPS) is 23.1. The molecule has 1 aromatic rings. The summed E-state index contributed by atoms with van der Waals surface area (Å²) in [5.41, 5.74) is 0. The van der Waals surface area contributed by atoms with Crippen LogP contribution in [-0.2, 0) is 4.74 Å². The van der Waals surface area contributed by atoms with Crippen LogP contribution in [0.5, 0.6) is 17.2 Å². The van der Waals surface area contributed by atoms with Crippen LogP contribution in [0, 0.1) is 0 Å². The van der Waals surface area contributed by atoms with Crippen molar-refractivity contribution in [3.63, 3.8) is 0 Å². The molecule has 0 aromatic heterocycles. The Hall–Kier alpha value is -1.42. The van der Waals surface area contributed by atoms with Gasteiger partial charge in [-0.2, -0.15) is 0 Å². The lowest BCUT2D eigenvalue weighted by Gasteiger charge is -2.22. The minimum absolute atomic E-state index is 0. The van der Waals surface area contributed by atoms with Crippen molar-refractivity contribution in [2.45, 2.75) is 50.9 Å². The largest absolute Gasteiger partial charge is 0.496 e. The average molecular weight is 505 g/mol. The topological polar surface area (TPSA) is 73.3 Å². The number of benzene rings is 1. The molecule has 0 saturated carbocycles. The van der Waals surface area contributed by atoms with Crippen molar-refractivity contribution < 1.29 is 18.9 Å². The lowest BCUT2D eigenvalue weighted by molar-refractivity contribution is 0.0992. The van der Waals surface area contributed by atoms with Crippen LogP contribution in [0.15, 0.2) is 23.2 Å². The van der Waals surface area contributed by atoms with Gasteiger partial charge in [0, 0.05) is 37.7 Å². The highest BCUT2D eigenvalue weighted by atomic mass is 127. The van der Waals surface area contributed by atoms with Gasteiger partial charge in [-0.25, -0.2) is 0 Å². The number of methoxy groups -OCH3 is 2. The van der Waals surface area contributed by atoms with Gasteiger partial charge in [-0.15, -0.1) is 24.0 Å². The van der Waals surface area contributed by atoms with E-state index < -0.39 is 0 Å². The molecule has 2 aliphatic heterocycles. The molecule has 1 aromatic carbocycles. The van der Waals surface area contributed by atoms with Gasteiger partial charge in [0.05, 0.1) is 39.1 Å². The Morgan fingerprint density at radius 3 is 2.43 bits per heavy atom. The summed E-state index contributed by atoms with van der Waals surface area (Å²) in [4.78, 5) is 4.67. The predicted octanol–water partition coefficient (Wildman–Crippen LogP) is 2.97. The number of ether oxygens (including phenoxy) is 4. The number of fused-ring (bicyclic) bond motifs is 2. The smallest absolute Gasteiger partial charge is 0.191 e. The number of rotatable bonds is 9. The highest BCUT2D eigenvalue weighted by Crippen LogP contribution is 2.34. The fourth-order valence-corrected chi connectivity index (χ4v) is 3.60. The Bertz CT molecular complexity index is 622. The zero-order chi connectivity index (χ0) is 19.1. The number of hydrogen-bond acceptors (Lipinski definition) is 5. The van der Waals surface area contributed by atoms with Gasteiger partial charge in [-0.05, 0) is 26.2 Å². The molecule has 2 N–H and O–H groups in total. The second-order valence-corrected chi connectivity index (χ2v) is 6.87. The van der Waals surface area contributed by atoms with E-state index in [1.807, 2.05) is 18.2 Å². The number of hydrogen-bond donors (Lipinski definition) is 2. The lowest BCUT2D eigenvalue weighted by Crippen LogP contribution is -2.47. The second kappa shape index (κ2) is 11.5. The Morgan fingerprint density at radius 2 is 1.86 bits per heavy atom. The van der Waals surface area contributed by atoms with Crippen molar-refractivity contribution in [1.29, 1.82) is 0 Å². The second-order valence-electron chi connectivity index (χ2n) is 6.87. The Kier molecular flexibility index (Phi) is 9.43. The monoisotopic (exact) mass is 505 g/mol. The molecule has 28 heavy (non-hydrogen) atoms. The molecule has 7 nitrogen and oxygen atoms in total. The van der Waals surface area contributed by atoms with Crippen molar-refractivity contribution in [2.75, 3.05) is 33.9 Å². The summed E-state index contributed by atoms with van der Waals surface area (Å²) in [5.74, 6) is 3.03. The summed E-state index contributed by atoms with van der Waals surface area (Å²) in [5, 5.41) is 6.84. The molecule has 0 spiro atoms. The van der Waals surface area contributed by atoms with Crippen LogP contribution >= 0.6 is 24.0 Å². The van der Waals surface area contributed by atoms with Gasteiger partial charge >= 0.3 is 0 Å². The number of guanidine groups is 1. The summed E-state index contributed by atoms with van der Waals surface area (Å²) in [7, 11) is 3.26. The van der Waals surface area contributed by atoms with Crippen molar-refractivity contribution in [1.82, 2.24) is 10.6 Å². The first-order chi connectivity index (χ1) is 13.2. The molecule has 3 unspecified atom stereocenters. The Labute approximate surface area is 184 Å². The summed E-state index contributed by atoms with van der Waals surface area (Å²) in [6.45, 7) is 4.19. The minimum Gasteiger partial charge on any atom is -0.496 e. The van der Waals surface area contributed by atoms with Gasteiger partial charge in [0.25, 0.3) is 0 Å². The van der Waals surface area contributed by atoms with Gasteiger partial charge in [-0.1, -0.05) is 0 Å². The van der Waals surface area contributed by atoms with Crippen molar-refractivity contribution in [3.8, 4) is 17.2 Å². The maximum absolute atomic E-state index is 5.91. The molecule has 3 atom stereocenters. The van der Waals surface area contributed by atoms with E-state index >= 15 is 0 Å². The van der Waals surface area contributed by atoms with E-state index in [4.69, 9.17) is 18.9 Å². The molecule has 0 amide bonds. The van der Waals surface area contributed by atoms with E-state index in [9.17, 15) is 0 Å². The molecular weight excluding hydrogens is 473 g/mol. The third kappa shape index (κ3) is 6.30. The van der Waals surface area contributed by atoms with Gasteiger partial charge < -0.3 is 29.6 Å². The van der Waals surface area contributed by atoms with Crippen LogP contribution < -0.4 is 24.8 Å². The third-order valence-corrected chi connectivity index (χ3v) is 4.94. The van der Waals surface area contributed by atoms with Crippen molar-refractivity contribution in [3.05, 3.63) is 18.2 Å². The number of aliphatic imine (C=N–C) groups is 1. The molecule has 2 heterocycles. The highest BCUT2D eigenvalue weighted by molar-refractivity contribution is 14.0. The Morgan fingerprint density at radius 1 is 1.14 bits per heavy atom. The van der Waals surface area contributed by atoms with Crippen LogP contribution in [-0.4, -0.2) is 58.1 Å². The van der Waals surface area contributed by atoms with Gasteiger partial charge in [0.2, 0.25) is 0 Å². The fraction of sp³-hybridized carbons (Fsp3) is 0.650. The van der Waals surface area contributed by atoms with E-state index in [1.165, 1.54) is 6.42 Å². The molecule has 2 bridgehead atoms. The summed E-state index contributed by atoms with van der Waals surface area (Å²) < 4.78 is 22.2. The van der Waals surface area contributed by atoms with E-state index in [2.05, 4.69) is 22.5 Å². The fourth-order valence-electron chi connectivity index (χ4n) is 3.60.